The fraction of sp³-hybridized carbons (Fsp3) is 0.611. The molecule has 1 amide bonds. The molecule has 0 atom stereocenters. The van der Waals surface area contributed by atoms with Crippen LogP contribution in [0.1, 0.15) is 12.0 Å². The van der Waals surface area contributed by atoms with Gasteiger partial charge in [-0.25, -0.2) is 0 Å². The van der Waals surface area contributed by atoms with Crippen molar-refractivity contribution in [2.24, 2.45) is 0 Å². The van der Waals surface area contributed by atoms with E-state index in [2.05, 4.69) is 41.0 Å². The van der Waals surface area contributed by atoms with E-state index in [1.165, 1.54) is 11.3 Å². The van der Waals surface area contributed by atoms with Gasteiger partial charge in [-0.15, -0.1) is 0 Å². The van der Waals surface area contributed by atoms with Gasteiger partial charge in [-0.3, -0.25) is 13.9 Å². The maximum Gasteiger partial charge on any atom is 0.223 e. The summed E-state index contributed by atoms with van der Waals surface area (Å²) in [5.74, 6) is 1.50. The van der Waals surface area contributed by atoms with Crippen molar-refractivity contribution < 1.29 is 9.00 Å². The van der Waals surface area contributed by atoms with Gasteiger partial charge in [0.25, 0.3) is 0 Å². The Morgan fingerprint density at radius 1 is 1.08 bits per heavy atom. The lowest BCUT2D eigenvalue weighted by molar-refractivity contribution is -0.131. The standard InChI is InChI=1S/C18H27N3O2S/c1-16-3-2-4-17(15-16)20-9-7-19(8-10-20)6-5-18(22)21-11-13-24(23)14-12-21/h2-4,15H,5-14H2,1H3. The number of rotatable bonds is 4. The molecule has 3 rings (SSSR count). The van der Waals surface area contributed by atoms with Gasteiger partial charge < -0.3 is 9.80 Å². The van der Waals surface area contributed by atoms with E-state index >= 15 is 0 Å². The third kappa shape index (κ3) is 4.57. The Labute approximate surface area is 147 Å². The Hall–Kier alpha value is -1.40. The van der Waals surface area contributed by atoms with Crippen LogP contribution in [0, 0.1) is 6.92 Å². The molecule has 2 aliphatic rings. The van der Waals surface area contributed by atoms with Crippen molar-refractivity contribution in [3.8, 4) is 0 Å². The minimum Gasteiger partial charge on any atom is -0.369 e. The third-order valence-corrected chi connectivity index (χ3v) is 6.19. The summed E-state index contributed by atoms with van der Waals surface area (Å²) in [6.07, 6.45) is 0.580. The molecule has 6 heteroatoms. The second kappa shape index (κ2) is 8.12. The highest BCUT2D eigenvalue weighted by Crippen LogP contribution is 2.18. The zero-order valence-electron chi connectivity index (χ0n) is 14.4. The van der Waals surface area contributed by atoms with Gasteiger partial charge in [-0.2, -0.15) is 0 Å². The summed E-state index contributed by atoms with van der Waals surface area (Å²) in [7, 11) is -0.720. The minimum atomic E-state index is -0.720. The topological polar surface area (TPSA) is 43.9 Å². The zero-order chi connectivity index (χ0) is 16.9. The van der Waals surface area contributed by atoms with Crippen molar-refractivity contribution in [3.05, 3.63) is 29.8 Å². The zero-order valence-corrected chi connectivity index (χ0v) is 15.3. The van der Waals surface area contributed by atoms with Crippen LogP contribution in [-0.2, 0) is 15.6 Å². The Kier molecular flexibility index (Phi) is 5.89. The van der Waals surface area contributed by atoms with Crippen molar-refractivity contribution in [1.82, 2.24) is 9.80 Å². The molecule has 132 valence electrons. The Balaban J connectivity index is 1.41. The monoisotopic (exact) mass is 349 g/mol. The van der Waals surface area contributed by atoms with Crippen LogP contribution in [0.25, 0.3) is 0 Å². The number of anilines is 1. The normalized spacial score (nSPS) is 20.4. The number of amides is 1. The van der Waals surface area contributed by atoms with Gasteiger partial charge >= 0.3 is 0 Å². The first-order valence-electron chi connectivity index (χ1n) is 8.78. The second-order valence-corrected chi connectivity index (χ2v) is 8.34. The molecule has 2 heterocycles. The highest BCUT2D eigenvalue weighted by Gasteiger charge is 2.22. The number of piperazine rings is 1. The van der Waals surface area contributed by atoms with Crippen molar-refractivity contribution in [1.29, 1.82) is 0 Å². The number of hydrogen-bond acceptors (Lipinski definition) is 4. The first kappa shape index (κ1) is 17.4. The lowest BCUT2D eigenvalue weighted by Gasteiger charge is -2.36. The van der Waals surface area contributed by atoms with Crippen molar-refractivity contribution in [3.63, 3.8) is 0 Å². The van der Waals surface area contributed by atoms with Crippen molar-refractivity contribution in [2.75, 3.05) is 62.2 Å². The average molecular weight is 350 g/mol. The predicted molar refractivity (Wildman–Crippen MR) is 98.9 cm³/mol. The quantitative estimate of drug-likeness (QED) is 0.816. The number of hydrogen-bond donors (Lipinski definition) is 0. The third-order valence-electron chi connectivity index (χ3n) is 4.91. The van der Waals surface area contributed by atoms with Gasteiger partial charge in [-0.05, 0) is 24.6 Å². The van der Waals surface area contributed by atoms with Crippen molar-refractivity contribution in [2.45, 2.75) is 13.3 Å². The summed E-state index contributed by atoms with van der Waals surface area (Å²) in [5, 5.41) is 0. The highest BCUT2D eigenvalue weighted by molar-refractivity contribution is 7.85. The lowest BCUT2D eigenvalue weighted by atomic mass is 10.2. The molecule has 0 N–H and O–H groups in total. The van der Waals surface area contributed by atoms with E-state index in [1.807, 2.05) is 4.90 Å². The van der Waals surface area contributed by atoms with E-state index in [4.69, 9.17) is 0 Å². The maximum atomic E-state index is 12.3. The van der Waals surface area contributed by atoms with Crippen LogP contribution in [-0.4, -0.2) is 77.2 Å². The van der Waals surface area contributed by atoms with E-state index in [9.17, 15) is 9.00 Å². The summed E-state index contributed by atoms with van der Waals surface area (Å²) in [4.78, 5) is 18.9. The van der Waals surface area contributed by atoms with Crippen LogP contribution in [0.2, 0.25) is 0 Å². The lowest BCUT2D eigenvalue weighted by Crippen LogP contribution is -2.48. The van der Waals surface area contributed by atoms with E-state index in [1.54, 1.807) is 0 Å². The molecule has 0 unspecified atom stereocenters. The molecule has 0 aromatic heterocycles. The molecular weight excluding hydrogens is 322 g/mol. The molecule has 1 aromatic carbocycles. The number of nitrogens with zero attached hydrogens (tertiary/aromatic N) is 3. The smallest absolute Gasteiger partial charge is 0.223 e. The number of carbonyl (C=O) groups excluding carboxylic acids is 1. The Morgan fingerprint density at radius 3 is 2.46 bits per heavy atom. The molecule has 2 fully saturated rings. The van der Waals surface area contributed by atoms with E-state index < -0.39 is 10.8 Å². The average Bonchev–Trinajstić information content (AvgIpc) is 2.61. The van der Waals surface area contributed by atoms with Crippen LogP contribution in [0.5, 0.6) is 0 Å². The van der Waals surface area contributed by atoms with Gasteiger partial charge in [0.2, 0.25) is 5.91 Å². The van der Waals surface area contributed by atoms with E-state index in [-0.39, 0.29) is 5.91 Å². The molecule has 1 aromatic rings. The molecule has 2 saturated heterocycles. The molecule has 2 aliphatic heterocycles. The molecule has 0 spiro atoms. The predicted octanol–water partition coefficient (Wildman–Crippen LogP) is 1.10. The maximum absolute atomic E-state index is 12.3. The van der Waals surface area contributed by atoms with E-state index in [0.717, 1.165) is 32.7 Å². The SMILES string of the molecule is Cc1cccc(N2CCN(CCC(=O)N3CCS(=O)CC3)CC2)c1. The Morgan fingerprint density at radius 2 is 1.79 bits per heavy atom. The molecule has 5 nitrogen and oxygen atoms in total. The molecule has 0 bridgehead atoms. The van der Waals surface area contributed by atoms with Crippen LogP contribution in [0.15, 0.2) is 24.3 Å². The largest absolute Gasteiger partial charge is 0.369 e. The van der Waals surface area contributed by atoms with E-state index in [0.29, 0.717) is 31.0 Å². The number of carbonyl (C=O) groups is 1. The summed E-state index contributed by atoms with van der Waals surface area (Å²) < 4.78 is 11.4. The molecule has 0 radical (unpaired) electrons. The minimum absolute atomic E-state index is 0.216. The fourth-order valence-corrected chi connectivity index (χ4v) is 4.41. The Bertz CT molecular complexity index is 590. The fourth-order valence-electron chi connectivity index (χ4n) is 3.35. The summed E-state index contributed by atoms with van der Waals surface area (Å²) in [5.41, 5.74) is 2.59. The van der Waals surface area contributed by atoms with Crippen LogP contribution in [0.4, 0.5) is 5.69 Å². The number of aryl methyl sites for hydroxylation is 1. The molecular formula is C18H27N3O2S. The van der Waals surface area contributed by atoms with Gasteiger partial charge in [-0.1, -0.05) is 12.1 Å². The summed E-state index contributed by atoms with van der Waals surface area (Å²) >= 11 is 0. The summed E-state index contributed by atoms with van der Waals surface area (Å²) in [6, 6.07) is 8.65. The van der Waals surface area contributed by atoms with Gasteiger partial charge in [0.05, 0.1) is 0 Å². The van der Waals surface area contributed by atoms with Crippen molar-refractivity contribution >= 4 is 22.4 Å². The van der Waals surface area contributed by atoms with Crippen LogP contribution >= 0.6 is 0 Å². The summed E-state index contributed by atoms with van der Waals surface area (Å²) in [6.45, 7) is 8.32. The first-order chi connectivity index (χ1) is 11.6. The van der Waals surface area contributed by atoms with Gasteiger partial charge in [0, 0.05) is 80.2 Å². The highest BCUT2D eigenvalue weighted by atomic mass is 32.2. The van der Waals surface area contributed by atoms with Gasteiger partial charge in [0.1, 0.15) is 0 Å². The molecule has 0 saturated carbocycles. The molecule has 24 heavy (non-hydrogen) atoms. The number of benzene rings is 1. The van der Waals surface area contributed by atoms with Crippen LogP contribution in [0.3, 0.4) is 0 Å². The van der Waals surface area contributed by atoms with Crippen LogP contribution < -0.4 is 4.90 Å². The van der Waals surface area contributed by atoms with Gasteiger partial charge in [0.15, 0.2) is 0 Å². The second-order valence-electron chi connectivity index (χ2n) is 6.65. The molecule has 0 aliphatic carbocycles. The first-order valence-corrected chi connectivity index (χ1v) is 10.3.